The molecule has 2 aromatic rings. The highest BCUT2D eigenvalue weighted by molar-refractivity contribution is 5.91. The molecule has 0 radical (unpaired) electrons. The molecule has 2 aliphatic rings. The quantitative estimate of drug-likeness (QED) is 0.944. The van der Waals surface area contributed by atoms with Crippen molar-refractivity contribution in [1.29, 1.82) is 0 Å². The van der Waals surface area contributed by atoms with Crippen LogP contribution in [0.3, 0.4) is 0 Å². The maximum atomic E-state index is 13.1. The van der Waals surface area contributed by atoms with E-state index < -0.39 is 5.41 Å². The smallest absolute Gasteiger partial charge is 0.230 e. The SMILES string of the molecule is O=C(N[C@H]1CCc2nccn2C1)C1(c2ccc(F)cc2)CC1. The molecule has 1 aliphatic carbocycles. The van der Waals surface area contributed by atoms with Gasteiger partial charge in [-0.15, -0.1) is 0 Å². The van der Waals surface area contributed by atoms with Crippen molar-refractivity contribution in [1.82, 2.24) is 14.9 Å². The molecule has 1 aromatic heterocycles. The molecule has 1 atom stereocenters. The fourth-order valence-corrected chi connectivity index (χ4v) is 3.35. The second kappa shape index (κ2) is 4.93. The van der Waals surface area contributed by atoms with Gasteiger partial charge in [-0.3, -0.25) is 4.79 Å². The number of nitrogens with zero attached hydrogens (tertiary/aromatic N) is 2. The molecular formula is C17H18FN3O. The number of carbonyl (C=O) groups excluding carboxylic acids is 1. The van der Waals surface area contributed by atoms with Crippen LogP contribution in [0.15, 0.2) is 36.7 Å². The molecule has 2 heterocycles. The highest BCUT2D eigenvalue weighted by atomic mass is 19.1. The van der Waals surface area contributed by atoms with E-state index in [1.807, 2.05) is 6.20 Å². The van der Waals surface area contributed by atoms with Crippen LogP contribution in [0.2, 0.25) is 0 Å². The Morgan fingerprint density at radius 2 is 2.09 bits per heavy atom. The van der Waals surface area contributed by atoms with Gasteiger partial charge in [0.05, 0.1) is 5.41 Å². The number of imidazole rings is 1. The van der Waals surface area contributed by atoms with E-state index >= 15 is 0 Å². The summed E-state index contributed by atoms with van der Waals surface area (Å²) in [5.41, 5.74) is 0.480. The summed E-state index contributed by atoms with van der Waals surface area (Å²) in [6.45, 7) is 0.778. The van der Waals surface area contributed by atoms with Crippen LogP contribution >= 0.6 is 0 Å². The zero-order valence-electron chi connectivity index (χ0n) is 12.3. The molecule has 4 nitrogen and oxygen atoms in total. The second-order valence-electron chi connectivity index (χ2n) is 6.29. The van der Waals surface area contributed by atoms with Gasteiger partial charge in [0.2, 0.25) is 5.91 Å². The normalized spacial score (nSPS) is 22.0. The lowest BCUT2D eigenvalue weighted by molar-refractivity contribution is -0.124. The lowest BCUT2D eigenvalue weighted by Crippen LogP contribution is -2.45. The molecule has 1 saturated carbocycles. The van der Waals surface area contributed by atoms with Gasteiger partial charge in [0.25, 0.3) is 0 Å². The van der Waals surface area contributed by atoms with Crippen LogP contribution < -0.4 is 5.32 Å². The Kier molecular flexibility index (Phi) is 3.03. The minimum Gasteiger partial charge on any atom is -0.351 e. The Bertz CT molecular complexity index is 703. The Labute approximate surface area is 128 Å². The van der Waals surface area contributed by atoms with Crippen molar-refractivity contribution in [3.63, 3.8) is 0 Å². The number of carbonyl (C=O) groups is 1. The molecule has 1 aliphatic heterocycles. The molecule has 0 unspecified atom stereocenters. The fraction of sp³-hybridized carbons (Fsp3) is 0.412. The van der Waals surface area contributed by atoms with E-state index in [9.17, 15) is 9.18 Å². The largest absolute Gasteiger partial charge is 0.351 e. The number of hydrogen-bond acceptors (Lipinski definition) is 2. The van der Waals surface area contributed by atoms with E-state index in [0.717, 1.165) is 43.6 Å². The van der Waals surface area contributed by atoms with Gasteiger partial charge in [-0.2, -0.15) is 0 Å². The van der Waals surface area contributed by atoms with E-state index in [1.165, 1.54) is 12.1 Å². The highest BCUT2D eigenvalue weighted by Gasteiger charge is 2.51. The minimum absolute atomic E-state index is 0.0765. The Balaban J connectivity index is 1.47. The number of amides is 1. The minimum atomic E-state index is -0.442. The third-order valence-electron chi connectivity index (χ3n) is 4.85. The van der Waals surface area contributed by atoms with Crippen molar-refractivity contribution in [3.8, 4) is 0 Å². The standard InChI is InChI=1S/C17H18FN3O/c18-13-3-1-12(2-4-13)17(7-8-17)16(22)20-14-5-6-15-19-9-10-21(15)11-14/h1-4,9-10,14H,5-8,11H2,(H,20,22)/t14-/m0/s1. The monoisotopic (exact) mass is 299 g/mol. The van der Waals surface area contributed by atoms with Crippen molar-refractivity contribution >= 4 is 5.91 Å². The number of fused-ring (bicyclic) bond motifs is 1. The topological polar surface area (TPSA) is 46.9 Å². The van der Waals surface area contributed by atoms with Gasteiger partial charge >= 0.3 is 0 Å². The second-order valence-corrected chi connectivity index (χ2v) is 6.29. The molecular weight excluding hydrogens is 281 g/mol. The van der Waals surface area contributed by atoms with Gasteiger partial charge in [-0.05, 0) is 37.0 Å². The maximum Gasteiger partial charge on any atom is 0.230 e. The van der Waals surface area contributed by atoms with E-state index in [2.05, 4.69) is 14.9 Å². The van der Waals surface area contributed by atoms with Crippen molar-refractivity contribution in [3.05, 3.63) is 53.9 Å². The van der Waals surface area contributed by atoms with E-state index in [-0.39, 0.29) is 17.8 Å². The van der Waals surface area contributed by atoms with E-state index in [4.69, 9.17) is 0 Å². The molecule has 0 bridgehead atoms. The van der Waals surface area contributed by atoms with E-state index in [0.29, 0.717) is 0 Å². The molecule has 5 heteroatoms. The van der Waals surface area contributed by atoms with Crippen LogP contribution in [0.5, 0.6) is 0 Å². The third kappa shape index (κ3) is 2.21. The van der Waals surface area contributed by atoms with Crippen molar-refractivity contribution in [2.45, 2.75) is 43.7 Å². The van der Waals surface area contributed by atoms with Crippen molar-refractivity contribution in [2.24, 2.45) is 0 Å². The van der Waals surface area contributed by atoms with Gasteiger partial charge in [-0.25, -0.2) is 9.37 Å². The summed E-state index contributed by atoms with van der Waals surface area (Å²) in [6.07, 6.45) is 7.26. The number of rotatable bonds is 3. The highest BCUT2D eigenvalue weighted by Crippen LogP contribution is 2.48. The number of hydrogen-bond donors (Lipinski definition) is 1. The summed E-state index contributed by atoms with van der Waals surface area (Å²) in [4.78, 5) is 17.0. The molecule has 0 saturated heterocycles. The first-order chi connectivity index (χ1) is 10.7. The summed E-state index contributed by atoms with van der Waals surface area (Å²) in [5, 5.41) is 3.18. The lowest BCUT2D eigenvalue weighted by atomic mass is 9.94. The summed E-state index contributed by atoms with van der Waals surface area (Å²) < 4.78 is 15.2. The Morgan fingerprint density at radius 3 is 2.82 bits per heavy atom. The summed E-state index contributed by atoms with van der Waals surface area (Å²) >= 11 is 0. The molecule has 4 rings (SSSR count). The fourth-order valence-electron chi connectivity index (χ4n) is 3.35. The van der Waals surface area contributed by atoms with Gasteiger partial charge < -0.3 is 9.88 Å². The zero-order chi connectivity index (χ0) is 15.2. The molecule has 1 amide bonds. The number of aromatic nitrogens is 2. The molecule has 114 valence electrons. The predicted octanol–water partition coefficient (Wildman–Crippen LogP) is 2.18. The first-order valence-corrected chi connectivity index (χ1v) is 7.74. The summed E-state index contributed by atoms with van der Waals surface area (Å²) in [7, 11) is 0. The average Bonchev–Trinajstić information content (AvgIpc) is 3.20. The summed E-state index contributed by atoms with van der Waals surface area (Å²) in [6, 6.07) is 6.47. The number of nitrogens with one attached hydrogen (secondary N) is 1. The van der Waals surface area contributed by atoms with Gasteiger partial charge in [-0.1, -0.05) is 12.1 Å². The van der Waals surface area contributed by atoms with Crippen LogP contribution in [-0.2, 0) is 23.2 Å². The average molecular weight is 299 g/mol. The first-order valence-electron chi connectivity index (χ1n) is 7.74. The Hall–Kier alpha value is -2.17. The predicted molar refractivity (Wildman–Crippen MR) is 79.8 cm³/mol. The van der Waals surface area contributed by atoms with Crippen molar-refractivity contribution < 1.29 is 9.18 Å². The zero-order valence-corrected chi connectivity index (χ0v) is 12.3. The van der Waals surface area contributed by atoms with Crippen LogP contribution in [0.1, 0.15) is 30.7 Å². The van der Waals surface area contributed by atoms with Crippen LogP contribution in [0, 0.1) is 5.82 Å². The van der Waals surface area contributed by atoms with Gasteiger partial charge in [0.1, 0.15) is 11.6 Å². The molecule has 1 fully saturated rings. The number of benzene rings is 1. The first kappa shape index (κ1) is 13.5. The van der Waals surface area contributed by atoms with E-state index in [1.54, 1.807) is 18.3 Å². The molecule has 1 N–H and O–H groups in total. The van der Waals surface area contributed by atoms with Gasteiger partial charge in [0, 0.05) is 31.4 Å². The van der Waals surface area contributed by atoms with Crippen LogP contribution in [0.4, 0.5) is 4.39 Å². The molecule has 22 heavy (non-hydrogen) atoms. The molecule has 0 spiro atoms. The Morgan fingerprint density at radius 1 is 1.32 bits per heavy atom. The summed E-state index contributed by atoms with van der Waals surface area (Å²) in [5.74, 6) is 0.901. The van der Waals surface area contributed by atoms with Crippen LogP contribution in [0.25, 0.3) is 0 Å². The maximum absolute atomic E-state index is 13.1. The number of halogens is 1. The van der Waals surface area contributed by atoms with Crippen LogP contribution in [-0.4, -0.2) is 21.5 Å². The third-order valence-corrected chi connectivity index (χ3v) is 4.85. The molecule has 1 aromatic carbocycles. The lowest BCUT2D eigenvalue weighted by Gasteiger charge is -2.27. The van der Waals surface area contributed by atoms with Gasteiger partial charge in [0.15, 0.2) is 0 Å². The number of aryl methyl sites for hydroxylation is 1. The van der Waals surface area contributed by atoms with Crippen molar-refractivity contribution in [2.75, 3.05) is 0 Å².